The van der Waals surface area contributed by atoms with Crippen molar-refractivity contribution in [2.75, 3.05) is 7.11 Å². The van der Waals surface area contributed by atoms with Gasteiger partial charge in [-0.2, -0.15) is 0 Å². The third kappa shape index (κ3) is 4.48. The number of hydrogen-bond donors (Lipinski definition) is 2. The summed E-state index contributed by atoms with van der Waals surface area (Å²) in [4.78, 5) is 25.7. The lowest BCUT2D eigenvalue weighted by atomic mass is 9.99. The molecular formula is C24H20ClFN3O3+. The molecule has 4 rings (SSSR count). The molecule has 1 saturated heterocycles. The SMILES string of the molecule is COc1ccccc1/C=[N+]1\NC(=O)[C@@H](NC(=O)c2ccc(F)cc2)[C@@H]1c1ccc(Cl)cc1. The van der Waals surface area contributed by atoms with Crippen LogP contribution in [0.25, 0.3) is 0 Å². The van der Waals surface area contributed by atoms with Crippen LogP contribution in [0.2, 0.25) is 5.02 Å². The first kappa shape index (κ1) is 21.5. The highest BCUT2D eigenvalue weighted by Crippen LogP contribution is 2.27. The van der Waals surface area contributed by atoms with Gasteiger partial charge in [-0.25, -0.2) is 4.39 Å². The molecule has 1 heterocycles. The Bertz CT molecular complexity index is 1180. The van der Waals surface area contributed by atoms with Crippen LogP contribution in [0.1, 0.15) is 27.5 Å². The van der Waals surface area contributed by atoms with Crippen molar-refractivity contribution in [3.05, 3.63) is 100 Å². The Morgan fingerprint density at radius 1 is 1.09 bits per heavy atom. The van der Waals surface area contributed by atoms with Crippen LogP contribution >= 0.6 is 11.6 Å². The van der Waals surface area contributed by atoms with Crippen molar-refractivity contribution in [2.45, 2.75) is 12.1 Å². The molecule has 0 bridgehead atoms. The van der Waals surface area contributed by atoms with Crippen LogP contribution in [0.5, 0.6) is 5.75 Å². The quantitative estimate of drug-likeness (QED) is 0.582. The van der Waals surface area contributed by atoms with E-state index in [4.69, 9.17) is 16.3 Å². The van der Waals surface area contributed by atoms with E-state index in [9.17, 15) is 14.0 Å². The maximum atomic E-state index is 13.2. The fraction of sp³-hybridized carbons (Fsp3) is 0.125. The number of hydrazine groups is 1. The summed E-state index contributed by atoms with van der Waals surface area (Å²) < 4.78 is 20.3. The number of benzene rings is 3. The van der Waals surface area contributed by atoms with Crippen molar-refractivity contribution in [3.63, 3.8) is 0 Å². The minimum Gasteiger partial charge on any atom is -0.496 e. The second kappa shape index (κ2) is 9.20. The van der Waals surface area contributed by atoms with Crippen molar-refractivity contribution in [1.82, 2.24) is 10.7 Å². The van der Waals surface area contributed by atoms with E-state index in [1.807, 2.05) is 24.3 Å². The standard InChI is InChI=1S/C24H19ClFN3O3/c1-32-20-5-3-2-4-17(20)14-29-22(15-6-10-18(25)11-7-15)21(24(31)28-29)27-23(30)16-8-12-19(26)13-9-16/h2-14,21-22H,1H3,(H-,27,28,30,31)/p+1/b29-14-/t21-,22-/m0/s1. The molecule has 2 N–H and O–H groups in total. The van der Waals surface area contributed by atoms with Crippen molar-refractivity contribution in [3.8, 4) is 5.75 Å². The Morgan fingerprint density at radius 3 is 2.47 bits per heavy atom. The predicted molar refractivity (Wildman–Crippen MR) is 118 cm³/mol. The van der Waals surface area contributed by atoms with E-state index >= 15 is 0 Å². The van der Waals surface area contributed by atoms with Crippen LogP contribution in [0.4, 0.5) is 4.39 Å². The Labute approximate surface area is 189 Å². The highest BCUT2D eigenvalue weighted by molar-refractivity contribution is 6.30. The molecule has 1 aliphatic heterocycles. The van der Waals surface area contributed by atoms with Gasteiger partial charge in [0.15, 0.2) is 6.04 Å². The van der Waals surface area contributed by atoms with Gasteiger partial charge in [0.1, 0.15) is 11.6 Å². The Kier molecular flexibility index (Phi) is 6.18. The van der Waals surface area contributed by atoms with Gasteiger partial charge in [0.25, 0.3) is 5.91 Å². The summed E-state index contributed by atoms with van der Waals surface area (Å²) in [5, 5.41) is 3.33. The second-order valence-electron chi connectivity index (χ2n) is 7.21. The largest absolute Gasteiger partial charge is 0.496 e. The lowest BCUT2D eigenvalue weighted by Crippen LogP contribution is -2.42. The number of nitrogens with zero attached hydrogens (tertiary/aromatic N) is 1. The average Bonchev–Trinajstić information content (AvgIpc) is 3.09. The van der Waals surface area contributed by atoms with Crippen LogP contribution in [-0.4, -0.2) is 35.9 Å². The summed E-state index contributed by atoms with van der Waals surface area (Å²) in [6, 6.07) is 18.1. The number of methoxy groups -OCH3 is 1. The smallest absolute Gasteiger partial charge is 0.304 e. The van der Waals surface area contributed by atoms with Gasteiger partial charge < -0.3 is 10.1 Å². The lowest BCUT2D eigenvalue weighted by molar-refractivity contribution is -0.596. The van der Waals surface area contributed by atoms with Crippen LogP contribution in [0.3, 0.4) is 0 Å². The van der Waals surface area contributed by atoms with Crippen LogP contribution in [0.15, 0.2) is 72.8 Å². The number of carbonyl (C=O) groups is 2. The van der Waals surface area contributed by atoms with Crippen LogP contribution in [-0.2, 0) is 4.79 Å². The fourth-order valence-corrected chi connectivity index (χ4v) is 3.72. The second-order valence-corrected chi connectivity index (χ2v) is 7.65. The number of hydrogen-bond acceptors (Lipinski definition) is 3. The highest BCUT2D eigenvalue weighted by atomic mass is 35.5. The Balaban J connectivity index is 1.72. The maximum Gasteiger partial charge on any atom is 0.304 e. The molecule has 1 fully saturated rings. The van der Waals surface area contributed by atoms with Gasteiger partial charge in [-0.1, -0.05) is 35.9 Å². The zero-order valence-electron chi connectivity index (χ0n) is 17.1. The van der Waals surface area contributed by atoms with Gasteiger partial charge in [-0.3, -0.25) is 9.59 Å². The minimum absolute atomic E-state index is 0.251. The Morgan fingerprint density at radius 2 is 1.78 bits per heavy atom. The number of amides is 2. The number of rotatable bonds is 5. The van der Waals surface area contributed by atoms with Gasteiger partial charge >= 0.3 is 5.91 Å². The number of hydrazone groups is 1. The van der Waals surface area contributed by atoms with Crippen LogP contribution < -0.4 is 15.5 Å². The zero-order valence-corrected chi connectivity index (χ0v) is 17.8. The van der Waals surface area contributed by atoms with E-state index < -0.39 is 23.8 Å². The molecule has 3 aromatic carbocycles. The molecule has 162 valence electrons. The first-order chi connectivity index (χ1) is 15.5. The van der Waals surface area contributed by atoms with E-state index in [-0.39, 0.29) is 11.5 Å². The molecule has 0 radical (unpaired) electrons. The van der Waals surface area contributed by atoms with E-state index in [2.05, 4.69) is 10.7 Å². The minimum atomic E-state index is -0.903. The molecule has 0 spiro atoms. The molecule has 6 nitrogen and oxygen atoms in total. The topological polar surface area (TPSA) is 70.4 Å². The average molecular weight is 453 g/mol. The number of carbonyl (C=O) groups excluding carboxylic acids is 2. The number of ether oxygens (including phenoxy) is 1. The third-order valence-electron chi connectivity index (χ3n) is 5.16. The normalized spacial score (nSPS) is 19.0. The summed E-state index contributed by atoms with van der Waals surface area (Å²) >= 11 is 6.05. The number of para-hydroxylation sites is 1. The van der Waals surface area contributed by atoms with Crippen molar-refractivity contribution >= 4 is 29.6 Å². The number of halogens is 2. The van der Waals surface area contributed by atoms with Crippen LogP contribution in [0, 0.1) is 5.82 Å². The summed E-state index contributed by atoms with van der Waals surface area (Å²) in [6.07, 6.45) is 1.75. The molecule has 0 aromatic heterocycles. The fourth-order valence-electron chi connectivity index (χ4n) is 3.59. The monoisotopic (exact) mass is 452 g/mol. The molecule has 2 atom stereocenters. The van der Waals surface area contributed by atoms with E-state index in [0.717, 1.165) is 11.1 Å². The first-order valence-corrected chi connectivity index (χ1v) is 10.2. The Hall–Kier alpha value is -3.71. The molecule has 8 heteroatoms. The molecule has 0 aliphatic carbocycles. The molecule has 0 unspecified atom stereocenters. The summed E-state index contributed by atoms with van der Waals surface area (Å²) in [5.41, 5.74) is 4.58. The number of nitrogens with one attached hydrogen (secondary N) is 2. The summed E-state index contributed by atoms with van der Waals surface area (Å²) in [5.74, 6) is -0.679. The third-order valence-corrected chi connectivity index (χ3v) is 5.41. The van der Waals surface area contributed by atoms with E-state index in [1.165, 1.54) is 24.3 Å². The van der Waals surface area contributed by atoms with Crippen molar-refractivity contribution in [2.24, 2.45) is 0 Å². The lowest BCUT2D eigenvalue weighted by Gasteiger charge is -2.15. The molecule has 3 aromatic rings. The summed E-state index contributed by atoms with van der Waals surface area (Å²) in [7, 11) is 1.57. The van der Waals surface area contributed by atoms with E-state index in [1.54, 1.807) is 42.3 Å². The molecule has 1 aliphatic rings. The van der Waals surface area contributed by atoms with E-state index in [0.29, 0.717) is 10.8 Å². The molecule has 2 amide bonds. The van der Waals surface area contributed by atoms with Gasteiger partial charge in [-0.15, -0.1) is 10.1 Å². The van der Waals surface area contributed by atoms with Gasteiger partial charge in [0.2, 0.25) is 12.3 Å². The van der Waals surface area contributed by atoms with Gasteiger partial charge in [-0.05, 0) is 48.5 Å². The molecule has 32 heavy (non-hydrogen) atoms. The first-order valence-electron chi connectivity index (χ1n) is 9.85. The molecular weight excluding hydrogens is 433 g/mol. The summed E-state index contributed by atoms with van der Waals surface area (Å²) in [6.45, 7) is 0. The predicted octanol–water partition coefficient (Wildman–Crippen LogP) is 3.50. The molecule has 0 saturated carbocycles. The maximum absolute atomic E-state index is 13.2. The highest BCUT2D eigenvalue weighted by Gasteiger charge is 2.47. The van der Waals surface area contributed by atoms with Gasteiger partial charge in [0, 0.05) is 16.1 Å². The van der Waals surface area contributed by atoms with Gasteiger partial charge in [0.05, 0.1) is 12.7 Å². The zero-order chi connectivity index (χ0) is 22.7. The van der Waals surface area contributed by atoms with Crippen molar-refractivity contribution < 1.29 is 23.4 Å². The van der Waals surface area contributed by atoms with Crippen molar-refractivity contribution in [1.29, 1.82) is 0 Å².